The number of methoxy groups -OCH3 is 3. The van der Waals surface area contributed by atoms with E-state index in [1.807, 2.05) is 0 Å². The monoisotopic (exact) mass is 407 g/mol. The van der Waals surface area contributed by atoms with Crippen molar-refractivity contribution >= 4 is 23.2 Å². The van der Waals surface area contributed by atoms with Gasteiger partial charge in [-0.15, -0.1) is 0 Å². The van der Waals surface area contributed by atoms with E-state index in [4.69, 9.17) is 30.5 Å². The molecule has 6 nitrogen and oxygen atoms in total. The Kier molecular flexibility index (Phi) is 7.96. The lowest BCUT2D eigenvalue weighted by molar-refractivity contribution is 0.0952. The van der Waals surface area contributed by atoms with Gasteiger partial charge in [-0.25, -0.2) is 0 Å². The van der Waals surface area contributed by atoms with Gasteiger partial charge in [-0.2, -0.15) is 0 Å². The zero-order valence-electron chi connectivity index (χ0n) is 16.8. The Bertz CT molecular complexity index is 823. The van der Waals surface area contributed by atoms with Gasteiger partial charge in [0.15, 0.2) is 0 Å². The van der Waals surface area contributed by atoms with Gasteiger partial charge in [0.1, 0.15) is 17.2 Å². The number of rotatable bonds is 9. The van der Waals surface area contributed by atoms with Crippen LogP contribution in [0, 0.1) is 5.92 Å². The van der Waals surface area contributed by atoms with E-state index in [0.717, 1.165) is 5.56 Å². The smallest absolute Gasteiger partial charge is 0.255 e. The Labute approximate surface area is 170 Å². The maximum Gasteiger partial charge on any atom is 0.255 e. The summed E-state index contributed by atoms with van der Waals surface area (Å²) in [6.07, 6.45) is 0. The molecule has 2 aromatic carbocycles. The van der Waals surface area contributed by atoms with Gasteiger partial charge in [0.25, 0.3) is 5.91 Å². The fourth-order valence-electron chi connectivity index (χ4n) is 2.59. The second kappa shape index (κ2) is 10.2. The summed E-state index contributed by atoms with van der Waals surface area (Å²) in [5.41, 5.74) is 1.73. The molecule has 0 fully saturated rings. The van der Waals surface area contributed by atoms with Crippen LogP contribution in [0.3, 0.4) is 0 Å². The van der Waals surface area contributed by atoms with E-state index in [2.05, 4.69) is 19.2 Å². The lowest BCUT2D eigenvalue weighted by Gasteiger charge is -2.15. The van der Waals surface area contributed by atoms with Gasteiger partial charge in [-0.3, -0.25) is 4.79 Å². The molecular formula is C21H26ClNO5. The number of hydrogen-bond donors (Lipinski definition) is 1. The van der Waals surface area contributed by atoms with E-state index in [0.29, 0.717) is 52.7 Å². The molecule has 2 aromatic rings. The molecule has 0 unspecified atom stereocenters. The molecule has 7 heteroatoms. The van der Waals surface area contributed by atoms with Gasteiger partial charge in [-0.05, 0) is 24.1 Å². The number of amides is 1. The first kappa shape index (κ1) is 21.9. The van der Waals surface area contributed by atoms with Gasteiger partial charge in [-0.1, -0.05) is 25.4 Å². The number of hydrogen-bond acceptors (Lipinski definition) is 5. The van der Waals surface area contributed by atoms with Crippen LogP contribution in [0.1, 0.15) is 29.8 Å². The summed E-state index contributed by atoms with van der Waals surface area (Å²) in [6.45, 7) is 5.14. The van der Waals surface area contributed by atoms with Crippen molar-refractivity contribution in [2.24, 2.45) is 5.92 Å². The van der Waals surface area contributed by atoms with Crippen LogP contribution in [0.15, 0.2) is 30.3 Å². The number of halogens is 1. The van der Waals surface area contributed by atoms with E-state index in [1.54, 1.807) is 37.4 Å². The van der Waals surface area contributed by atoms with Crippen LogP contribution in [0.25, 0.3) is 0 Å². The topological polar surface area (TPSA) is 66.0 Å². The highest BCUT2D eigenvalue weighted by atomic mass is 35.5. The lowest BCUT2D eigenvalue weighted by Crippen LogP contribution is -2.14. The second-order valence-electron chi connectivity index (χ2n) is 6.58. The first-order valence-corrected chi connectivity index (χ1v) is 9.24. The molecule has 0 aliphatic heterocycles. The first-order chi connectivity index (χ1) is 13.4. The molecule has 0 aromatic heterocycles. The van der Waals surface area contributed by atoms with Gasteiger partial charge in [0.2, 0.25) is 0 Å². The molecule has 0 bridgehead atoms. The first-order valence-electron chi connectivity index (χ1n) is 8.87. The van der Waals surface area contributed by atoms with Crippen molar-refractivity contribution in [3.05, 3.63) is 46.5 Å². The average Bonchev–Trinajstić information content (AvgIpc) is 2.68. The largest absolute Gasteiger partial charge is 0.496 e. The Morgan fingerprint density at radius 2 is 1.68 bits per heavy atom. The summed E-state index contributed by atoms with van der Waals surface area (Å²) in [6, 6.07) is 8.42. The van der Waals surface area contributed by atoms with Crippen molar-refractivity contribution in [1.29, 1.82) is 0 Å². The molecule has 1 N–H and O–H groups in total. The van der Waals surface area contributed by atoms with Gasteiger partial charge >= 0.3 is 0 Å². The van der Waals surface area contributed by atoms with E-state index >= 15 is 0 Å². The van der Waals surface area contributed by atoms with Crippen molar-refractivity contribution in [2.75, 3.05) is 33.3 Å². The number of nitrogens with one attached hydrogen (secondary N) is 1. The van der Waals surface area contributed by atoms with Crippen LogP contribution in [0.5, 0.6) is 17.2 Å². The molecule has 0 saturated carbocycles. The maximum atomic E-state index is 12.8. The number of carbonyl (C=O) groups excluding carboxylic acids is 1. The molecule has 152 valence electrons. The highest BCUT2D eigenvalue weighted by Gasteiger charge is 2.15. The summed E-state index contributed by atoms with van der Waals surface area (Å²) in [5, 5.41) is 3.23. The fraction of sp³-hybridized carbons (Fsp3) is 0.381. The van der Waals surface area contributed by atoms with Gasteiger partial charge < -0.3 is 24.3 Å². The summed E-state index contributed by atoms with van der Waals surface area (Å²) >= 11 is 6.11. The van der Waals surface area contributed by atoms with Gasteiger partial charge in [0, 0.05) is 29.9 Å². The van der Waals surface area contributed by atoms with Crippen molar-refractivity contribution < 1.29 is 23.7 Å². The third-order valence-electron chi connectivity index (χ3n) is 3.97. The van der Waals surface area contributed by atoms with Crippen molar-refractivity contribution in [3.63, 3.8) is 0 Å². The Balaban J connectivity index is 2.24. The third kappa shape index (κ3) is 5.53. The highest BCUT2D eigenvalue weighted by molar-refractivity contribution is 6.32. The average molecular weight is 408 g/mol. The van der Waals surface area contributed by atoms with Crippen molar-refractivity contribution in [3.8, 4) is 17.2 Å². The van der Waals surface area contributed by atoms with Crippen LogP contribution in [0.4, 0.5) is 5.69 Å². The summed E-state index contributed by atoms with van der Waals surface area (Å²) in [4.78, 5) is 12.8. The minimum atomic E-state index is -0.296. The summed E-state index contributed by atoms with van der Waals surface area (Å²) < 4.78 is 21.6. The molecule has 2 rings (SSSR count). The summed E-state index contributed by atoms with van der Waals surface area (Å²) in [7, 11) is 4.60. The Morgan fingerprint density at radius 1 is 1.00 bits per heavy atom. The Hall–Kier alpha value is -2.44. The zero-order valence-corrected chi connectivity index (χ0v) is 17.6. The predicted octanol–water partition coefficient (Wildman–Crippen LogP) is 4.79. The molecule has 0 aliphatic carbocycles. The summed E-state index contributed by atoms with van der Waals surface area (Å²) in [5.74, 6) is 1.68. The van der Waals surface area contributed by atoms with Crippen molar-refractivity contribution in [2.45, 2.75) is 20.5 Å². The molecule has 0 atom stereocenters. The molecule has 0 heterocycles. The number of ether oxygens (including phenoxy) is 4. The van der Waals surface area contributed by atoms with Crippen LogP contribution < -0.4 is 19.5 Å². The van der Waals surface area contributed by atoms with Crippen LogP contribution in [0.2, 0.25) is 5.02 Å². The van der Waals surface area contributed by atoms with Crippen LogP contribution in [-0.2, 0) is 11.3 Å². The van der Waals surface area contributed by atoms with E-state index in [1.165, 1.54) is 14.2 Å². The highest BCUT2D eigenvalue weighted by Crippen LogP contribution is 2.36. The van der Waals surface area contributed by atoms with Crippen molar-refractivity contribution in [1.82, 2.24) is 0 Å². The molecule has 0 radical (unpaired) electrons. The molecule has 1 amide bonds. The van der Waals surface area contributed by atoms with Crippen LogP contribution >= 0.6 is 11.6 Å². The molecule has 0 aliphatic rings. The normalized spacial score (nSPS) is 10.7. The second-order valence-corrected chi connectivity index (χ2v) is 6.98. The molecular weight excluding hydrogens is 382 g/mol. The minimum absolute atomic E-state index is 0.296. The molecule has 0 spiro atoms. The lowest BCUT2D eigenvalue weighted by atomic mass is 10.1. The fourth-order valence-corrected chi connectivity index (χ4v) is 2.82. The van der Waals surface area contributed by atoms with E-state index < -0.39 is 0 Å². The minimum Gasteiger partial charge on any atom is -0.496 e. The zero-order chi connectivity index (χ0) is 20.7. The number of benzene rings is 2. The molecule has 28 heavy (non-hydrogen) atoms. The number of anilines is 1. The van der Waals surface area contributed by atoms with Crippen LogP contribution in [-0.4, -0.2) is 33.8 Å². The Morgan fingerprint density at radius 3 is 2.29 bits per heavy atom. The van der Waals surface area contributed by atoms with E-state index in [9.17, 15) is 4.79 Å². The predicted molar refractivity (Wildman–Crippen MR) is 110 cm³/mol. The quantitative estimate of drug-likeness (QED) is 0.647. The maximum absolute atomic E-state index is 12.8. The molecule has 0 saturated heterocycles. The SMILES string of the molecule is COc1cc(NC(=O)c2ccc(OC)c(COCC(C)C)c2)c(OC)cc1Cl. The standard InChI is InChI=1S/C21H26ClNO5/c1-13(2)11-28-12-15-8-14(6-7-18(15)25-3)21(24)23-17-10-19(26-4)16(22)9-20(17)27-5/h6-10,13H,11-12H2,1-5H3,(H,23,24). The third-order valence-corrected chi connectivity index (χ3v) is 4.27. The van der Waals surface area contributed by atoms with Gasteiger partial charge in [0.05, 0.1) is 38.6 Å². The number of carbonyl (C=O) groups is 1. The van der Waals surface area contributed by atoms with E-state index in [-0.39, 0.29) is 5.91 Å².